The molecule has 11 heavy (non-hydrogen) atoms. The van der Waals surface area contributed by atoms with Crippen molar-refractivity contribution in [2.45, 2.75) is 19.3 Å². The molecule has 0 aliphatic heterocycles. The molecule has 0 aromatic heterocycles. The molecule has 2 nitrogen and oxygen atoms in total. The van der Waals surface area contributed by atoms with Crippen molar-refractivity contribution in [3.05, 3.63) is 24.8 Å². The van der Waals surface area contributed by atoms with E-state index in [1.165, 1.54) is 26.4 Å². The van der Waals surface area contributed by atoms with Crippen LogP contribution in [0.1, 0.15) is 19.3 Å². The van der Waals surface area contributed by atoms with Gasteiger partial charge in [0.2, 0.25) is 0 Å². The van der Waals surface area contributed by atoms with Crippen molar-refractivity contribution in [2.24, 2.45) is 0 Å². The lowest BCUT2D eigenvalue weighted by Gasteiger charge is -1.83. The van der Waals surface area contributed by atoms with Crippen LogP contribution >= 0.6 is 0 Å². The van der Waals surface area contributed by atoms with Gasteiger partial charge in [0.15, 0.2) is 0 Å². The van der Waals surface area contributed by atoms with Crippen molar-refractivity contribution in [3.63, 3.8) is 0 Å². The molecule has 0 saturated heterocycles. The van der Waals surface area contributed by atoms with Crippen LogP contribution in [-0.4, -0.2) is 13.1 Å². The number of hydrogen-bond acceptors (Lipinski definition) is 2. The van der Waals surface area contributed by atoms with Crippen molar-refractivity contribution >= 4 is 5.97 Å². The largest absolute Gasteiger partial charge is 0.466 e. The second-order valence-corrected chi connectivity index (χ2v) is 2.13. The fraction of sp³-hybridized carbons (Fsp3) is 0.444. The van der Waals surface area contributed by atoms with Crippen molar-refractivity contribution in [3.8, 4) is 0 Å². The molecular weight excluding hydrogens is 140 g/mol. The summed E-state index contributed by atoms with van der Waals surface area (Å²) < 4.78 is 4.14. The van der Waals surface area contributed by atoms with Crippen LogP contribution in [0.4, 0.5) is 0 Å². The molecule has 1 aliphatic rings. The van der Waals surface area contributed by atoms with Gasteiger partial charge < -0.3 is 4.74 Å². The predicted octanol–water partition coefficient (Wildman–Crippen LogP) is 2.07. The third-order valence-electron chi connectivity index (χ3n) is 1.28. The molecule has 0 amide bonds. The average Bonchev–Trinajstić information content (AvgIpc) is 2.60. The maximum Gasteiger partial charge on any atom is 0.329 e. The molecule has 1 aliphatic carbocycles. The summed E-state index contributed by atoms with van der Waals surface area (Å²) in [5, 5.41) is 0. The van der Waals surface area contributed by atoms with E-state index in [4.69, 9.17) is 0 Å². The molecule has 0 aromatic rings. The highest BCUT2D eigenvalue weighted by Crippen LogP contribution is 2.05. The van der Waals surface area contributed by atoms with Crippen LogP contribution in [0.2, 0.25) is 0 Å². The van der Waals surface area contributed by atoms with Crippen LogP contribution in [0.3, 0.4) is 0 Å². The normalized spacial score (nSPS) is 13.2. The number of allylic oxidation sites excluding steroid dienone is 2. The lowest BCUT2D eigenvalue weighted by molar-refractivity contribution is -0.134. The minimum atomic E-state index is -0.394. The van der Waals surface area contributed by atoms with E-state index in [2.05, 4.69) is 23.5 Å². The van der Waals surface area contributed by atoms with E-state index in [0.717, 1.165) is 6.08 Å². The highest BCUT2D eigenvalue weighted by molar-refractivity contribution is 5.80. The zero-order chi connectivity index (χ0) is 8.53. The Bertz CT molecular complexity index is 142. The first kappa shape index (κ1) is 9.95. The van der Waals surface area contributed by atoms with Gasteiger partial charge >= 0.3 is 5.97 Å². The molecule has 0 radical (unpaired) electrons. The summed E-state index contributed by atoms with van der Waals surface area (Å²) >= 11 is 0. The van der Waals surface area contributed by atoms with E-state index in [1.54, 1.807) is 0 Å². The molecular formula is C9H14O2. The van der Waals surface area contributed by atoms with Crippen molar-refractivity contribution < 1.29 is 9.53 Å². The number of hydrogen-bond donors (Lipinski definition) is 0. The van der Waals surface area contributed by atoms with Crippen LogP contribution in [0.25, 0.3) is 0 Å². The summed E-state index contributed by atoms with van der Waals surface area (Å²) in [5.74, 6) is -0.394. The molecule has 62 valence electrons. The molecule has 0 aromatic carbocycles. The monoisotopic (exact) mass is 154 g/mol. The molecule has 0 unspecified atom stereocenters. The predicted molar refractivity (Wildman–Crippen MR) is 45.2 cm³/mol. The minimum Gasteiger partial charge on any atom is -0.466 e. The molecule has 0 saturated carbocycles. The van der Waals surface area contributed by atoms with Gasteiger partial charge in [0.1, 0.15) is 0 Å². The third kappa shape index (κ3) is 6.84. The fourth-order valence-corrected chi connectivity index (χ4v) is 0.673. The van der Waals surface area contributed by atoms with Gasteiger partial charge in [0.05, 0.1) is 7.11 Å². The van der Waals surface area contributed by atoms with E-state index in [1.807, 2.05) is 0 Å². The zero-order valence-corrected chi connectivity index (χ0v) is 6.88. The average molecular weight is 154 g/mol. The maximum absolute atomic E-state index is 9.84. The molecule has 0 fully saturated rings. The summed E-state index contributed by atoms with van der Waals surface area (Å²) in [5.41, 5.74) is 0. The molecule has 2 heteroatoms. The van der Waals surface area contributed by atoms with Gasteiger partial charge in [-0.2, -0.15) is 0 Å². The second-order valence-electron chi connectivity index (χ2n) is 2.13. The first-order chi connectivity index (χ1) is 5.31. The second kappa shape index (κ2) is 7.06. The van der Waals surface area contributed by atoms with Gasteiger partial charge in [-0.3, -0.25) is 0 Å². The van der Waals surface area contributed by atoms with E-state index in [9.17, 15) is 4.79 Å². The lowest BCUT2D eigenvalue weighted by Crippen LogP contribution is -1.91. The van der Waals surface area contributed by atoms with E-state index < -0.39 is 5.97 Å². The number of rotatable bonds is 1. The highest BCUT2D eigenvalue weighted by Gasteiger charge is 1.84. The molecule has 0 N–H and O–H groups in total. The van der Waals surface area contributed by atoms with Crippen molar-refractivity contribution in [2.75, 3.05) is 7.11 Å². The zero-order valence-electron chi connectivity index (χ0n) is 6.88. The standard InChI is InChI=1S/C5H8.C4H6O2/c1-2-4-5-3-1;1-3-4(5)6-2/h1-2H,3-5H2;3H,1H2,2H3. The number of ether oxygens (including phenoxy) is 1. The highest BCUT2D eigenvalue weighted by atomic mass is 16.5. The summed E-state index contributed by atoms with van der Waals surface area (Å²) in [7, 11) is 1.31. The number of carbonyl (C=O) groups excluding carboxylic acids is 1. The van der Waals surface area contributed by atoms with Crippen LogP contribution in [0, 0.1) is 0 Å². The third-order valence-corrected chi connectivity index (χ3v) is 1.28. The molecule has 0 heterocycles. The van der Waals surface area contributed by atoms with Crippen LogP contribution < -0.4 is 0 Å². The van der Waals surface area contributed by atoms with Gasteiger partial charge in [-0.1, -0.05) is 18.7 Å². The van der Waals surface area contributed by atoms with Gasteiger partial charge in [-0.05, 0) is 19.3 Å². The Morgan fingerprint density at radius 3 is 2.18 bits per heavy atom. The molecule has 0 atom stereocenters. The molecule has 0 bridgehead atoms. The van der Waals surface area contributed by atoms with Gasteiger partial charge in [0, 0.05) is 6.08 Å². The minimum absolute atomic E-state index is 0.394. The smallest absolute Gasteiger partial charge is 0.329 e. The van der Waals surface area contributed by atoms with E-state index in [-0.39, 0.29) is 0 Å². The van der Waals surface area contributed by atoms with Gasteiger partial charge in [-0.25, -0.2) is 4.79 Å². The van der Waals surface area contributed by atoms with Gasteiger partial charge in [-0.15, -0.1) is 0 Å². The quantitative estimate of drug-likeness (QED) is 0.328. The van der Waals surface area contributed by atoms with E-state index >= 15 is 0 Å². The summed E-state index contributed by atoms with van der Waals surface area (Å²) in [6.45, 7) is 3.16. The van der Waals surface area contributed by atoms with Crippen LogP contribution in [-0.2, 0) is 9.53 Å². The Morgan fingerprint density at radius 1 is 1.55 bits per heavy atom. The molecule has 1 rings (SSSR count). The van der Waals surface area contributed by atoms with Crippen molar-refractivity contribution in [1.82, 2.24) is 0 Å². The Kier molecular flexibility index (Phi) is 6.39. The Labute approximate surface area is 67.6 Å². The summed E-state index contributed by atoms with van der Waals surface area (Å²) in [6.07, 6.45) is 9.61. The Balaban J connectivity index is 0.000000183. The Morgan fingerprint density at radius 2 is 2.09 bits per heavy atom. The van der Waals surface area contributed by atoms with Crippen molar-refractivity contribution in [1.29, 1.82) is 0 Å². The number of methoxy groups -OCH3 is 1. The summed E-state index contributed by atoms with van der Waals surface area (Å²) in [6, 6.07) is 0. The van der Waals surface area contributed by atoms with E-state index in [0.29, 0.717) is 0 Å². The van der Waals surface area contributed by atoms with Crippen LogP contribution in [0.15, 0.2) is 24.8 Å². The number of carbonyl (C=O) groups is 1. The first-order valence-electron chi connectivity index (χ1n) is 3.66. The van der Waals surface area contributed by atoms with Gasteiger partial charge in [0.25, 0.3) is 0 Å². The Hall–Kier alpha value is -1.05. The summed E-state index contributed by atoms with van der Waals surface area (Å²) in [4.78, 5) is 9.84. The molecule has 0 spiro atoms. The number of esters is 1. The fourth-order valence-electron chi connectivity index (χ4n) is 0.673. The van der Waals surface area contributed by atoms with Crippen LogP contribution in [0.5, 0.6) is 0 Å². The lowest BCUT2D eigenvalue weighted by atomic mass is 10.4. The topological polar surface area (TPSA) is 26.3 Å². The SMILES string of the molecule is C1=CCCC1.C=CC(=O)OC. The first-order valence-corrected chi connectivity index (χ1v) is 3.66. The maximum atomic E-state index is 9.84.